The highest BCUT2D eigenvalue weighted by Crippen LogP contribution is 2.23. The number of carbonyl (C=O) groups excluding carboxylic acids is 1. The predicted molar refractivity (Wildman–Crippen MR) is 74.4 cm³/mol. The maximum atomic E-state index is 12.2. The molecule has 18 heavy (non-hydrogen) atoms. The van der Waals surface area contributed by atoms with Gasteiger partial charge in [-0.05, 0) is 31.9 Å². The van der Waals surface area contributed by atoms with E-state index in [4.69, 9.17) is 5.73 Å². The summed E-state index contributed by atoms with van der Waals surface area (Å²) in [4.78, 5) is 12.2. The van der Waals surface area contributed by atoms with Gasteiger partial charge in [-0.25, -0.2) is 0 Å². The lowest BCUT2D eigenvalue weighted by atomic mass is 9.94. The highest BCUT2D eigenvalue weighted by Gasteiger charge is 2.26. The molecule has 1 aliphatic rings. The van der Waals surface area contributed by atoms with Crippen molar-refractivity contribution in [2.45, 2.75) is 45.1 Å². The van der Waals surface area contributed by atoms with Crippen LogP contribution >= 0.6 is 0 Å². The molecule has 0 bridgehead atoms. The highest BCUT2D eigenvalue weighted by molar-refractivity contribution is 5.93. The third-order valence-corrected chi connectivity index (χ3v) is 3.73. The van der Waals surface area contributed by atoms with Gasteiger partial charge >= 0.3 is 0 Å². The summed E-state index contributed by atoms with van der Waals surface area (Å²) >= 11 is 0. The molecule has 3 nitrogen and oxygen atoms in total. The molecule has 0 heterocycles. The second-order valence-corrected chi connectivity index (χ2v) is 5.26. The fourth-order valence-electron chi connectivity index (χ4n) is 2.53. The molecule has 1 aromatic rings. The van der Waals surface area contributed by atoms with E-state index in [2.05, 4.69) is 5.32 Å². The second kappa shape index (κ2) is 6.01. The first-order valence-electron chi connectivity index (χ1n) is 6.80. The fraction of sp³-hybridized carbons (Fsp3) is 0.533. The minimum absolute atomic E-state index is 0.0120. The van der Waals surface area contributed by atoms with Gasteiger partial charge in [0.15, 0.2) is 0 Å². The summed E-state index contributed by atoms with van der Waals surface area (Å²) in [6, 6.07) is 7.90. The molecule has 2 unspecified atom stereocenters. The van der Waals surface area contributed by atoms with Gasteiger partial charge in [0.2, 0.25) is 5.91 Å². The first-order valence-corrected chi connectivity index (χ1v) is 6.80. The van der Waals surface area contributed by atoms with Crippen molar-refractivity contribution in [1.82, 2.24) is 0 Å². The minimum Gasteiger partial charge on any atom is -0.327 e. The summed E-state index contributed by atoms with van der Waals surface area (Å²) in [7, 11) is 0. The molecule has 1 aliphatic carbocycles. The highest BCUT2D eigenvalue weighted by atomic mass is 16.1. The Bertz CT molecular complexity index is 399. The van der Waals surface area contributed by atoms with Crippen molar-refractivity contribution < 1.29 is 4.79 Å². The van der Waals surface area contributed by atoms with E-state index in [-0.39, 0.29) is 17.9 Å². The zero-order valence-corrected chi connectivity index (χ0v) is 11.0. The van der Waals surface area contributed by atoms with Gasteiger partial charge < -0.3 is 11.1 Å². The number of benzene rings is 1. The molecule has 98 valence electrons. The molecule has 0 radical (unpaired) electrons. The van der Waals surface area contributed by atoms with Crippen LogP contribution in [0.4, 0.5) is 5.69 Å². The van der Waals surface area contributed by atoms with Gasteiger partial charge in [0.1, 0.15) is 0 Å². The first-order chi connectivity index (χ1) is 8.66. The zero-order valence-electron chi connectivity index (χ0n) is 11.0. The van der Waals surface area contributed by atoms with Crippen molar-refractivity contribution in [2.24, 2.45) is 11.7 Å². The van der Waals surface area contributed by atoms with Crippen LogP contribution in [0.5, 0.6) is 0 Å². The summed E-state index contributed by atoms with van der Waals surface area (Å²) in [5, 5.41) is 2.98. The number of hydrogen-bond acceptors (Lipinski definition) is 2. The molecule has 1 fully saturated rings. The minimum atomic E-state index is -0.0335. The van der Waals surface area contributed by atoms with Gasteiger partial charge in [0.05, 0.1) is 5.92 Å². The lowest BCUT2D eigenvalue weighted by Crippen LogP contribution is -2.37. The van der Waals surface area contributed by atoms with E-state index in [0.717, 1.165) is 31.4 Å². The third kappa shape index (κ3) is 3.33. The van der Waals surface area contributed by atoms with Gasteiger partial charge in [-0.3, -0.25) is 4.79 Å². The molecular formula is C15H22N2O. The Morgan fingerprint density at radius 2 is 1.83 bits per heavy atom. The smallest absolute Gasteiger partial charge is 0.229 e. The largest absolute Gasteiger partial charge is 0.327 e. The number of aryl methyl sites for hydroxylation is 1. The Labute approximate surface area is 109 Å². The van der Waals surface area contributed by atoms with Gasteiger partial charge in [-0.15, -0.1) is 0 Å². The summed E-state index contributed by atoms with van der Waals surface area (Å²) in [6.07, 6.45) is 5.34. The van der Waals surface area contributed by atoms with Crippen molar-refractivity contribution in [2.75, 3.05) is 5.32 Å². The summed E-state index contributed by atoms with van der Waals surface area (Å²) in [5.74, 6) is 0.0436. The van der Waals surface area contributed by atoms with E-state index in [1.54, 1.807) is 0 Å². The first kappa shape index (κ1) is 13.1. The molecule has 0 aromatic heterocycles. The van der Waals surface area contributed by atoms with E-state index in [9.17, 15) is 4.79 Å². The van der Waals surface area contributed by atoms with E-state index < -0.39 is 0 Å². The molecule has 3 N–H and O–H groups in total. The number of carbonyl (C=O) groups is 1. The van der Waals surface area contributed by atoms with E-state index in [0.29, 0.717) is 0 Å². The molecule has 0 aliphatic heterocycles. The second-order valence-electron chi connectivity index (χ2n) is 5.26. The fourth-order valence-corrected chi connectivity index (χ4v) is 2.53. The predicted octanol–water partition coefficient (Wildman–Crippen LogP) is 2.84. The van der Waals surface area contributed by atoms with Crippen molar-refractivity contribution in [1.29, 1.82) is 0 Å². The van der Waals surface area contributed by atoms with Crippen LogP contribution in [0.2, 0.25) is 0 Å². The number of rotatable bonds is 2. The Morgan fingerprint density at radius 3 is 2.56 bits per heavy atom. The number of nitrogens with two attached hydrogens (primary N) is 1. The molecule has 2 atom stereocenters. The molecule has 1 saturated carbocycles. The lowest BCUT2D eigenvalue weighted by Gasteiger charge is -2.20. The van der Waals surface area contributed by atoms with Gasteiger partial charge in [-0.1, -0.05) is 37.0 Å². The molecule has 1 aromatic carbocycles. The quantitative estimate of drug-likeness (QED) is 0.788. The van der Waals surface area contributed by atoms with E-state index >= 15 is 0 Å². The maximum absolute atomic E-state index is 12.2. The van der Waals surface area contributed by atoms with Gasteiger partial charge in [0.25, 0.3) is 0 Å². The number of amides is 1. The number of nitrogens with one attached hydrogen (secondary N) is 1. The van der Waals surface area contributed by atoms with Gasteiger partial charge in [0, 0.05) is 11.7 Å². The van der Waals surface area contributed by atoms with Crippen LogP contribution in [-0.2, 0) is 4.79 Å². The van der Waals surface area contributed by atoms with Crippen LogP contribution in [0.1, 0.15) is 37.7 Å². The molecular weight excluding hydrogens is 224 g/mol. The summed E-state index contributed by atoms with van der Waals surface area (Å²) < 4.78 is 0. The number of hydrogen-bond donors (Lipinski definition) is 2. The zero-order chi connectivity index (χ0) is 13.0. The summed E-state index contributed by atoms with van der Waals surface area (Å²) in [6.45, 7) is 2.03. The van der Waals surface area contributed by atoms with Gasteiger partial charge in [-0.2, -0.15) is 0 Å². The van der Waals surface area contributed by atoms with Crippen molar-refractivity contribution in [3.8, 4) is 0 Å². The van der Waals surface area contributed by atoms with E-state index in [1.165, 1.54) is 12.0 Å². The van der Waals surface area contributed by atoms with Crippen molar-refractivity contribution >= 4 is 11.6 Å². The van der Waals surface area contributed by atoms with Crippen LogP contribution in [0.25, 0.3) is 0 Å². The molecule has 0 saturated heterocycles. The van der Waals surface area contributed by atoms with Crippen LogP contribution in [0, 0.1) is 12.8 Å². The molecule has 2 rings (SSSR count). The number of anilines is 1. The Kier molecular flexibility index (Phi) is 4.37. The monoisotopic (exact) mass is 246 g/mol. The summed E-state index contributed by atoms with van der Waals surface area (Å²) in [5.41, 5.74) is 8.15. The SMILES string of the molecule is Cc1ccc(NC(=O)C2CCCCCC2N)cc1. The standard InChI is InChI=1S/C15H22N2O/c1-11-7-9-12(10-8-11)17-15(18)13-5-3-2-4-6-14(13)16/h7-10,13-14H,2-6,16H2,1H3,(H,17,18). The Morgan fingerprint density at radius 1 is 1.17 bits per heavy atom. The third-order valence-electron chi connectivity index (χ3n) is 3.73. The van der Waals surface area contributed by atoms with Crippen LogP contribution in [-0.4, -0.2) is 11.9 Å². The van der Waals surface area contributed by atoms with E-state index in [1.807, 2.05) is 31.2 Å². The topological polar surface area (TPSA) is 55.1 Å². The Hall–Kier alpha value is -1.35. The average molecular weight is 246 g/mol. The van der Waals surface area contributed by atoms with Crippen molar-refractivity contribution in [3.05, 3.63) is 29.8 Å². The molecule has 1 amide bonds. The molecule has 3 heteroatoms. The normalized spacial score (nSPS) is 24.3. The molecule has 0 spiro atoms. The average Bonchev–Trinajstić information content (AvgIpc) is 2.57. The van der Waals surface area contributed by atoms with Crippen LogP contribution < -0.4 is 11.1 Å². The Balaban J connectivity index is 1.99. The van der Waals surface area contributed by atoms with Crippen LogP contribution in [0.15, 0.2) is 24.3 Å². The maximum Gasteiger partial charge on any atom is 0.229 e. The lowest BCUT2D eigenvalue weighted by molar-refractivity contribution is -0.120. The van der Waals surface area contributed by atoms with Crippen molar-refractivity contribution in [3.63, 3.8) is 0 Å². The van der Waals surface area contributed by atoms with Crippen LogP contribution in [0.3, 0.4) is 0 Å².